The fraction of sp³-hybridized carbons (Fsp3) is 0.519. The molecule has 8 heteroatoms. The summed E-state index contributed by atoms with van der Waals surface area (Å²) >= 11 is 0. The Morgan fingerprint density at radius 1 is 0.857 bits per heavy atom. The Kier molecular flexibility index (Phi) is 5.72. The Balaban J connectivity index is 1.49. The highest BCUT2D eigenvalue weighted by Crippen LogP contribution is 2.39. The van der Waals surface area contributed by atoms with Gasteiger partial charge in [-0.15, -0.1) is 0 Å². The van der Waals surface area contributed by atoms with Crippen LogP contribution in [0.3, 0.4) is 0 Å². The largest absolute Gasteiger partial charge is 0.399 e. The van der Waals surface area contributed by atoms with Crippen LogP contribution in [0.1, 0.15) is 38.2 Å². The van der Waals surface area contributed by atoms with E-state index in [2.05, 4.69) is 6.92 Å². The summed E-state index contributed by atoms with van der Waals surface area (Å²) in [5.41, 5.74) is 20.8. The minimum atomic E-state index is -0.0521. The SMILES string of the molecule is Cc1cc(N)ccc1N(CC1CO1)C(=O)c1c(CC2CO2)c(C)c(CC2CO2)c(N)c1CC1CO1. The van der Waals surface area contributed by atoms with Crippen molar-refractivity contribution in [3.05, 3.63) is 51.6 Å². The molecule has 4 heterocycles. The zero-order chi connectivity index (χ0) is 24.3. The molecule has 4 atom stereocenters. The highest BCUT2D eigenvalue weighted by Gasteiger charge is 2.38. The minimum absolute atomic E-state index is 0.0334. The lowest BCUT2D eigenvalue weighted by Crippen LogP contribution is -2.37. The maximum Gasteiger partial charge on any atom is 0.259 e. The predicted molar refractivity (Wildman–Crippen MR) is 133 cm³/mol. The number of rotatable bonds is 10. The van der Waals surface area contributed by atoms with Crippen LogP contribution in [0.15, 0.2) is 18.2 Å². The third kappa shape index (κ3) is 4.89. The van der Waals surface area contributed by atoms with Crippen molar-refractivity contribution in [3.63, 3.8) is 0 Å². The number of nitrogens with two attached hydrogens (primary N) is 2. The smallest absolute Gasteiger partial charge is 0.259 e. The standard InChI is InChI=1S/C27H33N3O5/c1-14-5-16(28)3-4-24(14)30(9-20-13-35-20)27(31)25-21(6-17-10-32-17)15(2)22(7-18-11-33-18)26(29)23(25)8-19-12-34-19/h3-5,17-20H,6-13,28-29H2,1-2H3. The van der Waals surface area contributed by atoms with Crippen LogP contribution in [0.2, 0.25) is 0 Å². The van der Waals surface area contributed by atoms with E-state index in [1.807, 2.05) is 30.0 Å². The van der Waals surface area contributed by atoms with Gasteiger partial charge in [0.25, 0.3) is 5.91 Å². The number of epoxide rings is 4. The molecule has 0 saturated carbocycles. The summed E-state index contributed by atoms with van der Waals surface area (Å²) in [5.74, 6) is -0.0521. The van der Waals surface area contributed by atoms with Crippen molar-refractivity contribution in [1.82, 2.24) is 0 Å². The molecule has 4 fully saturated rings. The highest BCUT2D eigenvalue weighted by molar-refractivity contribution is 6.10. The summed E-state index contributed by atoms with van der Waals surface area (Å²) in [6, 6.07) is 5.67. The molecule has 0 spiro atoms. The fourth-order valence-corrected chi connectivity index (χ4v) is 5.08. The molecular formula is C27H33N3O5. The number of nitrogen functional groups attached to an aromatic ring is 2. The van der Waals surface area contributed by atoms with E-state index in [9.17, 15) is 4.79 Å². The van der Waals surface area contributed by atoms with Crippen molar-refractivity contribution in [3.8, 4) is 0 Å². The van der Waals surface area contributed by atoms with Gasteiger partial charge >= 0.3 is 0 Å². The van der Waals surface area contributed by atoms with Crippen molar-refractivity contribution in [1.29, 1.82) is 0 Å². The van der Waals surface area contributed by atoms with Gasteiger partial charge in [0, 0.05) is 41.9 Å². The first-order chi connectivity index (χ1) is 16.9. The van der Waals surface area contributed by atoms with Crippen LogP contribution >= 0.6 is 0 Å². The highest BCUT2D eigenvalue weighted by atomic mass is 16.6. The monoisotopic (exact) mass is 479 g/mol. The van der Waals surface area contributed by atoms with E-state index in [4.69, 9.17) is 30.4 Å². The van der Waals surface area contributed by atoms with Crippen LogP contribution in [-0.2, 0) is 38.2 Å². The van der Waals surface area contributed by atoms with Crippen molar-refractivity contribution in [2.45, 2.75) is 57.5 Å². The molecule has 186 valence electrons. The van der Waals surface area contributed by atoms with Gasteiger partial charge in [-0.25, -0.2) is 0 Å². The van der Waals surface area contributed by atoms with Gasteiger partial charge < -0.3 is 35.3 Å². The van der Waals surface area contributed by atoms with Crippen molar-refractivity contribution < 1.29 is 23.7 Å². The number of amides is 1. The number of nitrogens with zero attached hydrogens (tertiary/aromatic N) is 1. The summed E-state index contributed by atoms with van der Waals surface area (Å²) in [6.07, 6.45) is 2.55. The molecule has 1 amide bonds. The van der Waals surface area contributed by atoms with E-state index in [1.165, 1.54) is 0 Å². The second-order valence-electron chi connectivity index (χ2n) is 10.2. The van der Waals surface area contributed by atoms with Crippen LogP contribution in [0.25, 0.3) is 0 Å². The second kappa shape index (κ2) is 8.78. The normalized spacial score (nSPS) is 25.9. The zero-order valence-corrected chi connectivity index (χ0v) is 20.3. The fourth-order valence-electron chi connectivity index (χ4n) is 5.08. The van der Waals surface area contributed by atoms with Crippen LogP contribution in [0.5, 0.6) is 0 Å². The first-order valence-electron chi connectivity index (χ1n) is 12.5. The van der Waals surface area contributed by atoms with E-state index >= 15 is 0 Å². The Morgan fingerprint density at radius 3 is 1.94 bits per heavy atom. The average molecular weight is 480 g/mol. The Hall–Kier alpha value is -2.65. The number of ether oxygens (including phenoxy) is 4. The number of hydrogen-bond acceptors (Lipinski definition) is 7. The van der Waals surface area contributed by atoms with E-state index < -0.39 is 0 Å². The molecule has 0 bridgehead atoms. The summed E-state index contributed by atoms with van der Waals surface area (Å²) in [4.78, 5) is 16.4. The Morgan fingerprint density at radius 2 is 1.40 bits per heavy atom. The van der Waals surface area contributed by atoms with Gasteiger partial charge in [-0.05, 0) is 59.9 Å². The first kappa shape index (κ1) is 22.8. The van der Waals surface area contributed by atoms with Gasteiger partial charge in [0.05, 0.1) is 57.4 Å². The number of carbonyl (C=O) groups excluding carboxylic acids is 1. The van der Waals surface area contributed by atoms with Gasteiger partial charge in [0.1, 0.15) is 0 Å². The average Bonchev–Trinajstić information content (AvgIpc) is 3.66. The minimum Gasteiger partial charge on any atom is -0.399 e. The van der Waals surface area contributed by atoms with E-state index in [1.54, 1.807) is 0 Å². The van der Waals surface area contributed by atoms with E-state index in [0.717, 1.165) is 53.1 Å². The number of carbonyl (C=O) groups is 1. The van der Waals surface area contributed by atoms with Crippen LogP contribution < -0.4 is 16.4 Å². The third-order valence-electron chi connectivity index (χ3n) is 7.42. The molecule has 4 aliphatic rings. The van der Waals surface area contributed by atoms with Crippen molar-refractivity contribution in [2.24, 2.45) is 0 Å². The second-order valence-corrected chi connectivity index (χ2v) is 10.2. The predicted octanol–water partition coefficient (Wildman–Crippen LogP) is 2.34. The molecule has 2 aromatic rings. The molecule has 0 aromatic heterocycles. The summed E-state index contributed by atoms with van der Waals surface area (Å²) in [6.45, 7) is 7.38. The van der Waals surface area contributed by atoms with E-state index in [0.29, 0.717) is 49.5 Å². The van der Waals surface area contributed by atoms with Crippen molar-refractivity contribution in [2.75, 3.05) is 49.3 Å². The third-order valence-corrected chi connectivity index (χ3v) is 7.42. The van der Waals surface area contributed by atoms with Crippen LogP contribution in [0.4, 0.5) is 17.1 Å². The molecule has 35 heavy (non-hydrogen) atoms. The number of aryl methyl sites for hydroxylation is 1. The van der Waals surface area contributed by atoms with E-state index in [-0.39, 0.29) is 30.3 Å². The molecule has 4 aliphatic heterocycles. The van der Waals surface area contributed by atoms with Gasteiger partial charge in [-0.3, -0.25) is 4.79 Å². The van der Waals surface area contributed by atoms with Gasteiger partial charge in [-0.1, -0.05) is 0 Å². The molecule has 4 unspecified atom stereocenters. The van der Waals surface area contributed by atoms with Crippen molar-refractivity contribution >= 4 is 23.0 Å². The lowest BCUT2D eigenvalue weighted by atomic mass is 9.84. The van der Waals surface area contributed by atoms with Crippen LogP contribution in [0, 0.1) is 13.8 Å². The maximum atomic E-state index is 14.5. The molecular weight excluding hydrogens is 446 g/mol. The van der Waals surface area contributed by atoms with Crippen LogP contribution in [-0.4, -0.2) is 63.3 Å². The van der Waals surface area contributed by atoms with Gasteiger partial charge in [0.15, 0.2) is 0 Å². The quantitative estimate of drug-likeness (QED) is 0.396. The molecule has 4 saturated heterocycles. The molecule has 6 rings (SSSR count). The summed E-state index contributed by atoms with van der Waals surface area (Å²) in [5, 5.41) is 0. The number of benzene rings is 2. The van der Waals surface area contributed by atoms with Gasteiger partial charge in [-0.2, -0.15) is 0 Å². The lowest BCUT2D eigenvalue weighted by Gasteiger charge is -2.29. The zero-order valence-electron chi connectivity index (χ0n) is 20.3. The molecule has 2 aromatic carbocycles. The van der Waals surface area contributed by atoms with Gasteiger partial charge in [0.2, 0.25) is 0 Å². The Bertz CT molecular complexity index is 1120. The summed E-state index contributed by atoms with van der Waals surface area (Å²) in [7, 11) is 0. The first-order valence-corrected chi connectivity index (χ1v) is 12.5. The lowest BCUT2D eigenvalue weighted by molar-refractivity contribution is 0.0982. The molecule has 0 aliphatic carbocycles. The molecule has 4 N–H and O–H groups in total. The molecule has 0 radical (unpaired) electrons. The maximum absolute atomic E-state index is 14.5. The Labute approximate surface area is 205 Å². The molecule has 8 nitrogen and oxygen atoms in total. The number of anilines is 3. The topological polar surface area (TPSA) is 122 Å². The summed E-state index contributed by atoms with van der Waals surface area (Å²) < 4.78 is 22.3. The number of hydrogen-bond donors (Lipinski definition) is 2.